The van der Waals surface area contributed by atoms with E-state index < -0.39 is 29.5 Å². The molecule has 1 fully saturated rings. The van der Waals surface area contributed by atoms with Crippen LogP contribution in [0.1, 0.15) is 50.5 Å². The topological polar surface area (TPSA) is 40.5 Å². The van der Waals surface area contributed by atoms with E-state index in [2.05, 4.69) is 0 Å². The first-order valence-corrected chi connectivity index (χ1v) is 11.5. The number of halogens is 3. The van der Waals surface area contributed by atoms with Crippen molar-refractivity contribution in [1.82, 2.24) is 4.90 Å². The van der Waals surface area contributed by atoms with Crippen molar-refractivity contribution in [2.24, 2.45) is 5.92 Å². The molecule has 0 bridgehead atoms. The summed E-state index contributed by atoms with van der Waals surface area (Å²) < 4.78 is 42.1. The normalized spacial score (nSPS) is 20.7. The van der Waals surface area contributed by atoms with Crippen molar-refractivity contribution in [1.29, 1.82) is 0 Å². The Hall–Kier alpha value is -1.89. The minimum absolute atomic E-state index is 0.0919. The Balaban J connectivity index is 1.64. The third kappa shape index (κ3) is 6.06. The highest BCUT2D eigenvalue weighted by atomic mass is 32.2. The van der Waals surface area contributed by atoms with Crippen LogP contribution in [0.15, 0.2) is 48.2 Å². The fraction of sp³-hybridized carbons (Fsp3) is 0.522. The predicted octanol–water partition coefficient (Wildman–Crippen LogP) is 6.18. The molecule has 1 unspecified atom stereocenters. The van der Waals surface area contributed by atoms with Gasteiger partial charge in [-0.2, -0.15) is 0 Å². The molecular formula is C23H28F3NO2S. The van der Waals surface area contributed by atoms with Crippen molar-refractivity contribution < 1.29 is 23.1 Å². The monoisotopic (exact) mass is 439 g/mol. The molecule has 1 aromatic rings. The second-order valence-corrected chi connectivity index (χ2v) is 9.20. The van der Waals surface area contributed by atoms with Crippen LogP contribution < -0.4 is 0 Å². The van der Waals surface area contributed by atoms with E-state index in [9.17, 15) is 23.1 Å². The summed E-state index contributed by atoms with van der Waals surface area (Å²) in [4.78, 5) is 13.7. The number of thioether (sulfide) groups is 1. The van der Waals surface area contributed by atoms with Crippen molar-refractivity contribution in [2.45, 2.75) is 56.2 Å². The van der Waals surface area contributed by atoms with E-state index in [0.717, 1.165) is 43.7 Å². The first kappa shape index (κ1) is 22.8. The molecule has 1 heterocycles. The molecule has 3 rings (SSSR count). The average molecular weight is 440 g/mol. The molecule has 1 saturated carbocycles. The Morgan fingerprint density at radius 3 is 2.43 bits per heavy atom. The Kier molecular flexibility index (Phi) is 7.92. The summed E-state index contributed by atoms with van der Waals surface area (Å²) in [6.45, 7) is 0.743. The van der Waals surface area contributed by atoms with Gasteiger partial charge >= 0.3 is 5.97 Å². The zero-order chi connectivity index (χ0) is 21.6. The number of nitrogens with zero attached hydrogens (tertiary/aromatic N) is 1. The van der Waals surface area contributed by atoms with Gasteiger partial charge < -0.3 is 10.0 Å². The van der Waals surface area contributed by atoms with Crippen LogP contribution in [0.3, 0.4) is 0 Å². The lowest BCUT2D eigenvalue weighted by atomic mass is 9.99. The van der Waals surface area contributed by atoms with Crippen LogP contribution >= 0.6 is 11.8 Å². The molecule has 0 amide bonds. The van der Waals surface area contributed by atoms with Crippen LogP contribution in [-0.2, 0) is 10.7 Å². The Morgan fingerprint density at radius 1 is 1.13 bits per heavy atom. The summed E-state index contributed by atoms with van der Waals surface area (Å²) in [5.74, 6) is -4.08. The first-order chi connectivity index (χ1) is 14.4. The molecule has 1 N–H and O–H groups in total. The number of carboxylic acid groups (broad SMARTS) is 1. The van der Waals surface area contributed by atoms with Crippen molar-refractivity contribution in [3.05, 3.63) is 59.6 Å². The van der Waals surface area contributed by atoms with Gasteiger partial charge in [-0.1, -0.05) is 37.8 Å². The number of hydrogen-bond donors (Lipinski definition) is 1. The van der Waals surface area contributed by atoms with Crippen molar-refractivity contribution in [2.75, 3.05) is 12.3 Å². The number of hydrogen-bond acceptors (Lipinski definition) is 3. The maximum Gasteiger partial charge on any atom is 0.334 e. The van der Waals surface area contributed by atoms with Crippen molar-refractivity contribution >= 4 is 17.7 Å². The highest BCUT2D eigenvalue weighted by Gasteiger charge is 2.34. The third-order valence-corrected chi connectivity index (χ3v) is 7.05. The van der Waals surface area contributed by atoms with E-state index in [-0.39, 0.29) is 16.9 Å². The molecule has 7 heteroatoms. The van der Waals surface area contributed by atoms with E-state index in [0.29, 0.717) is 5.92 Å². The van der Waals surface area contributed by atoms with E-state index in [1.165, 1.54) is 37.4 Å². The summed E-state index contributed by atoms with van der Waals surface area (Å²) in [5.41, 5.74) is -0.00132. The van der Waals surface area contributed by atoms with Gasteiger partial charge in [-0.15, -0.1) is 11.8 Å². The molecule has 30 heavy (non-hydrogen) atoms. The standard InChI is InChI=1S/C23H28F3NO2S/c24-19-11-9-18(10-12-19)23(25,26)13-15-30-21-20(22(28)29)8-5-14-27(21)16-17-6-3-1-2-4-7-17/h5,8-12,14,17,21H,1-4,6-7,13,15-16H2,(H,28,29). The molecule has 2 aliphatic rings. The van der Waals surface area contributed by atoms with E-state index >= 15 is 0 Å². The number of rotatable bonds is 8. The molecule has 0 aromatic heterocycles. The zero-order valence-corrected chi connectivity index (χ0v) is 17.7. The Labute approximate surface area is 180 Å². The quantitative estimate of drug-likeness (QED) is 0.491. The van der Waals surface area contributed by atoms with E-state index in [1.54, 1.807) is 12.2 Å². The molecule has 1 aliphatic heterocycles. The van der Waals surface area contributed by atoms with Crippen LogP contribution in [0.2, 0.25) is 0 Å². The van der Waals surface area contributed by atoms with Gasteiger partial charge in [0.2, 0.25) is 0 Å². The molecule has 0 spiro atoms. The lowest BCUT2D eigenvalue weighted by Gasteiger charge is -2.35. The largest absolute Gasteiger partial charge is 0.478 e. The molecule has 164 valence electrons. The maximum atomic E-state index is 14.5. The SMILES string of the molecule is O=C(O)C1=CC=CN(CC2CCCCCC2)C1SCCC(F)(F)c1ccc(F)cc1. The predicted molar refractivity (Wildman–Crippen MR) is 114 cm³/mol. The number of carbonyl (C=O) groups is 1. The zero-order valence-electron chi connectivity index (χ0n) is 16.9. The van der Waals surface area contributed by atoms with Crippen LogP contribution in [0, 0.1) is 11.7 Å². The van der Waals surface area contributed by atoms with Crippen LogP contribution in [0.25, 0.3) is 0 Å². The maximum absolute atomic E-state index is 14.5. The molecule has 1 aliphatic carbocycles. The second-order valence-electron chi connectivity index (χ2n) is 8.01. The number of aliphatic carboxylic acids is 1. The molecule has 3 nitrogen and oxygen atoms in total. The third-order valence-electron chi connectivity index (χ3n) is 5.77. The molecule has 1 aromatic carbocycles. The minimum atomic E-state index is -3.09. The van der Waals surface area contributed by atoms with Crippen molar-refractivity contribution in [3.8, 4) is 0 Å². The average Bonchev–Trinajstić information content (AvgIpc) is 2.98. The lowest BCUT2D eigenvalue weighted by Crippen LogP contribution is -2.38. The van der Waals surface area contributed by atoms with Gasteiger partial charge in [-0.05, 0) is 43.0 Å². The first-order valence-electron chi connectivity index (χ1n) is 10.5. The number of benzene rings is 1. The summed E-state index contributed by atoms with van der Waals surface area (Å²) in [7, 11) is 0. The Bertz CT molecular complexity index is 771. The molecule has 0 radical (unpaired) electrons. The Morgan fingerprint density at radius 2 is 1.80 bits per heavy atom. The van der Waals surface area contributed by atoms with E-state index in [4.69, 9.17) is 0 Å². The van der Waals surface area contributed by atoms with Gasteiger partial charge in [0.25, 0.3) is 5.92 Å². The summed E-state index contributed by atoms with van der Waals surface area (Å²) in [6, 6.07) is 4.26. The van der Waals surface area contributed by atoms with E-state index in [1.807, 2.05) is 11.1 Å². The summed E-state index contributed by atoms with van der Waals surface area (Å²) >= 11 is 1.23. The van der Waals surface area contributed by atoms with Crippen molar-refractivity contribution in [3.63, 3.8) is 0 Å². The van der Waals surface area contributed by atoms with Gasteiger partial charge in [0.05, 0.1) is 5.57 Å². The fourth-order valence-electron chi connectivity index (χ4n) is 4.10. The molecule has 1 atom stereocenters. The highest BCUT2D eigenvalue weighted by molar-refractivity contribution is 8.00. The van der Waals surface area contributed by atoms with Gasteiger partial charge in [-0.25, -0.2) is 18.0 Å². The lowest BCUT2D eigenvalue weighted by molar-refractivity contribution is -0.133. The summed E-state index contributed by atoms with van der Waals surface area (Å²) in [6.07, 6.45) is 11.8. The van der Waals surface area contributed by atoms with Gasteiger partial charge in [0.15, 0.2) is 0 Å². The molecule has 0 saturated heterocycles. The fourth-order valence-corrected chi connectivity index (χ4v) is 5.40. The van der Waals surface area contributed by atoms with Gasteiger partial charge in [0, 0.05) is 30.5 Å². The number of allylic oxidation sites excluding steroid dienone is 2. The van der Waals surface area contributed by atoms with Crippen LogP contribution in [0.5, 0.6) is 0 Å². The second kappa shape index (κ2) is 10.4. The minimum Gasteiger partial charge on any atom is -0.478 e. The van der Waals surface area contributed by atoms with Gasteiger partial charge in [-0.3, -0.25) is 0 Å². The molecular weight excluding hydrogens is 411 g/mol. The highest BCUT2D eigenvalue weighted by Crippen LogP contribution is 2.36. The number of carboxylic acids is 1. The smallest absolute Gasteiger partial charge is 0.334 e. The number of alkyl halides is 2. The van der Waals surface area contributed by atoms with Gasteiger partial charge in [0.1, 0.15) is 11.2 Å². The van der Waals surface area contributed by atoms with Crippen LogP contribution in [0.4, 0.5) is 13.2 Å². The summed E-state index contributed by atoms with van der Waals surface area (Å²) in [5, 5.41) is 9.13. The van der Waals surface area contributed by atoms with Crippen LogP contribution in [-0.4, -0.2) is 33.6 Å².